The number of amidine groups is 1. The minimum absolute atomic E-state index is 0.235. The lowest BCUT2D eigenvalue weighted by molar-refractivity contribution is 0.102. The van der Waals surface area contributed by atoms with Gasteiger partial charge in [-0.1, -0.05) is 47.5 Å². The van der Waals surface area contributed by atoms with Crippen molar-refractivity contribution in [3.8, 4) is 0 Å². The fraction of sp³-hybridized carbons (Fsp3) is 0.269. The third-order valence-electron chi connectivity index (χ3n) is 5.77. The van der Waals surface area contributed by atoms with Crippen LogP contribution in [0.2, 0.25) is 5.02 Å². The summed E-state index contributed by atoms with van der Waals surface area (Å²) in [6.07, 6.45) is 5.07. The number of aromatic nitrogens is 1. The van der Waals surface area contributed by atoms with Crippen molar-refractivity contribution in [3.05, 3.63) is 88.1 Å². The van der Waals surface area contributed by atoms with Crippen LogP contribution >= 0.6 is 11.6 Å². The van der Waals surface area contributed by atoms with E-state index in [0.29, 0.717) is 28.8 Å². The van der Waals surface area contributed by atoms with Gasteiger partial charge in [-0.15, -0.1) is 0 Å². The Balaban J connectivity index is 1.42. The lowest BCUT2D eigenvalue weighted by atomic mass is 10.1. The molecule has 6 nitrogen and oxygen atoms in total. The van der Waals surface area contributed by atoms with Crippen molar-refractivity contribution in [2.45, 2.75) is 32.7 Å². The topological polar surface area (TPSA) is 81.1 Å². The summed E-state index contributed by atoms with van der Waals surface area (Å²) >= 11 is 5.88. The standard InChI is InChI=1S/C26H28ClN5O/c1-18-5-11-23(22(15-18)26(33)31-24-12-10-21(27)17-30-24)29-16-19-6-8-20(9-7-19)25(28)32-13-3-2-4-14-32/h5-12,15,17,28-29H,2-4,13-14,16H2,1H3,(H,30,31,33). The van der Waals surface area contributed by atoms with Gasteiger partial charge in [-0.3, -0.25) is 10.2 Å². The van der Waals surface area contributed by atoms with Crippen LogP contribution in [0.5, 0.6) is 0 Å². The number of benzene rings is 2. The molecule has 2 aromatic carbocycles. The van der Waals surface area contributed by atoms with E-state index >= 15 is 0 Å². The summed E-state index contributed by atoms with van der Waals surface area (Å²) in [5.74, 6) is 0.812. The highest BCUT2D eigenvalue weighted by atomic mass is 35.5. The van der Waals surface area contributed by atoms with Gasteiger partial charge in [0, 0.05) is 37.1 Å². The molecule has 1 fully saturated rings. The van der Waals surface area contributed by atoms with Crippen molar-refractivity contribution in [2.24, 2.45) is 0 Å². The number of anilines is 2. The molecule has 1 aliphatic rings. The summed E-state index contributed by atoms with van der Waals surface area (Å²) < 4.78 is 0. The molecule has 3 aromatic rings. The van der Waals surface area contributed by atoms with Crippen molar-refractivity contribution < 1.29 is 4.79 Å². The first-order valence-electron chi connectivity index (χ1n) is 11.2. The van der Waals surface area contributed by atoms with Crippen LogP contribution in [0.4, 0.5) is 11.5 Å². The smallest absolute Gasteiger partial charge is 0.258 e. The molecule has 1 saturated heterocycles. The van der Waals surface area contributed by atoms with E-state index in [4.69, 9.17) is 17.0 Å². The summed E-state index contributed by atoms with van der Waals surface area (Å²) in [6.45, 7) is 4.45. The molecule has 0 atom stereocenters. The predicted molar refractivity (Wildman–Crippen MR) is 134 cm³/mol. The number of pyridine rings is 1. The average Bonchev–Trinajstić information content (AvgIpc) is 2.85. The van der Waals surface area contributed by atoms with E-state index in [9.17, 15) is 4.79 Å². The Hall–Kier alpha value is -3.38. The third kappa shape index (κ3) is 5.90. The first kappa shape index (κ1) is 22.8. The molecule has 0 bridgehead atoms. The molecule has 4 rings (SSSR count). The molecule has 1 amide bonds. The second kappa shape index (κ2) is 10.5. The van der Waals surface area contributed by atoms with Gasteiger partial charge in [-0.2, -0.15) is 0 Å². The number of amides is 1. The van der Waals surface area contributed by atoms with Gasteiger partial charge >= 0.3 is 0 Å². The molecule has 0 spiro atoms. The van der Waals surface area contributed by atoms with Crippen LogP contribution in [-0.2, 0) is 6.54 Å². The number of nitrogens with one attached hydrogen (secondary N) is 3. The molecule has 1 aromatic heterocycles. The molecule has 0 saturated carbocycles. The van der Waals surface area contributed by atoms with Crippen molar-refractivity contribution in [2.75, 3.05) is 23.7 Å². The number of hydrogen-bond donors (Lipinski definition) is 3. The maximum absolute atomic E-state index is 12.9. The van der Waals surface area contributed by atoms with Gasteiger partial charge in [0.2, 0.25) is 0 Å². The summed E-state index contributed by atoms with van der Waals surface area (Å²) in [5.41, 5.74) is 4.31. The van der Waals surface area contributed by atoms with Crippen molar-refractivity contribution in [1.29, 1.82) is 5.41 Å². The normalized spacial score (nSPS) is 13.5. The quantitative estimate of drug-likeness (QED) is 0.324. The molecule has 33 heavy (non-hydrogen) atoms. The lowest BCUT2D eigenvalue weighted by Crippen LogP contribution is -2.35. The van der Waals surface area contributed by atoms with Crippen LogP contribution in [0.3, 0.4) is 0 Å². The molecule has 0 aliphatic carbocycles. The highest BCUT2D eigenvalue weighted by molar-refractivity contribution is 6.30. The molecular weight excluding hydrogens is 434 g/mol. The minimum atomic E-state index is -0.235. The van der Waals surface area contributed by atoms with Gasteiger partial charge in [0.05, 0.1) is 10.6 Å². The Morgan fingerprint density at radius 2 is 1.82 bits per heavy atom. The van der Waals surface area contributed by atoms with Crippen LogP contribution in [0.15, 0.2) is 60.8 Å². The summed E-state index contributed by atoms with van der Waals surface area (Å²) in [5, 5.41) is 15.2. The van der Waals surface area contributed by atoms with E-state index in [1.54, 1.807) is 12.1 Å². The lowest BCUT2D eigenvalue weighted by Gasteiger charge is -2.29. The van der Waals surface area contributed by atoms with Gasteiger partial charge in [0.1, 0.15) is 11.7 Å². The third-order valence-corrected chi connectivity index (χ3v) is 5.99. The Labute approximate surface area is 199 Å². The van der Waals surface area contributed by atoms with Gasteiger partial charge in [-0.25, -0.2) is 4.98 Å². The molecule has 0 unspecified atom stereocenters. The van der Waals surface area contributed by atoms with Gasteiger partial charge in [-0.05, 0) is 56.0 Å². The van der Waals surface area contributed by atoms with Crippen molar-refractivity contribution in [3.63, 3.8) is 0 Å². The first-order chi connectivity index (χ1) is 16.0. The van der Waals surface area contributed by atoms with E-state index in [1.165, 1.54) is 12.6 Å². The second-order valence-corrected chi connectivity index (χ2v) is 8.75. The van der Waals surface area contributed by atoms with Gasteiger partial charge in [0.15, 0.2) is 0 Å². The second-order valence-electron chi connectivity index (χ2n) is 8.31. The molecule has 2 heterocycles. The minimum Gasteiger partial charge on any atom is -0.380 e. The summed E-state index contributed by atoms with van der Waals surface area (Å²) in [7, 11) is 0. The molecule has 170 valence electrons. The van der Waals surface area contributed by atoms with Gasteiger partial charge in [0.25, 0.3) is 5.91 Å². The fourth-order valence-electron chi connectivity index (χ4n) is 3.91. The fourth-order valence-corrected chi connectivity index (χ4v) is 4.02. The number of carbonyl (C=O) groups is 1. The summed E-state index contributed by atoms with van der Waals surface area (Å²) in [6, 6.07) is 17.2. The number of carbonyl (C=O) groups excluding carboxylic acids is 1. The zero-order chi connectivity index (χ0) is 23.2. The highest BCUT2D eigenvalue weighted by Gasteiger charge is 2.15. The maximum atomic E-state index is 12.9. The van der Waals surface area contributed by atoms with Crippen LogP contribution in [-0.4, -0.2) is 34.7 Å². The molecule has 1 aliphatic heterocycles. The Morgan fingerprint density at radius 1 is 1.06 bits per heavy atom. The monoisotopic (exact) mass is 461 g/mol. The van der Waals surface area contributed by atoms with Crippen LogP contribution < -0.4 is 10.6 Å². The van der Waals surface area contributed by atoms with E-state index in [0.717, 1.165) is 48.3 Å². The highest BCUT2D eigenvalue weighted by Crippen LogP contribution is 2.21. The van der Waals surface area contributed by atoms with Crippen LogP contribution in [0.1, 0.15) is 46.3 Å². The van der Waals surface area contributed by atoms with Crippen LogP contribution in [0.25, 0.3) is 0 Å². The number of aryl methyl sites for hydroxylation is 1. The largest absolute Gasteiger partial charge is 0.380 e. The van der Waals surface area contributed by atoms with E-state index < -0.39 is 0 Å². The number of piperidine rings is 1. The van der Waals surface area contributed by atoms with Gasteiger partial charge < -0.3 is 15.5 Å². The number of hydrogen-bond acceptors (Lipinski definition) is 4. The number of likely N-dealkylation sites (tertiary alicyclic amines) is 1. The molecule has 7 heteroatoms. The Morgan fingerprint density at radius 3 is 2.52 bits per heavy atom. The number of halogens is 1. The Bertz CT molecular complexity index is 1120. The molecular formula is C26H28ClN5O. The number of rotatable bonds is 6. The van der Waals surface area contributed by atoms with E-state index in [-0.39, 0.29) is 5.91 Å². The van der Waals surface area contributed by atoms with Crippen molar-refractivity contribution >= 4 is 34.8 Å². The van der Waals surface area contributed by atoms with Crippen LogP contribution in [0, 0.1) is 12.3 Å². The molecule has 3 N–H and O–H groups in total. The Kier molecular flexibility index (Phi) is 7.25. The average molecular weight is 462 g/mol. The molecule has 0 radical (unpaired) electrons. The zero-order valence-corrected chi connectivity index (χ0v) is 19.5. The van der Waals surface area contributed by atoms with E-state index in [1.807, 2.05) is 49.4 Å². The van der Waals surface area contributed by atoms with Crippen molar-refractivity contribution in [1.82, 2.24) is 9.88 Å². The SMILES string of the molecule is Cc1ccc(NCc2ccc(C(=N)N3CCCCC3)cc2)c(C(=O)Nc2ccc(Cl)cn2)c1. The first-order valence-corrected chi connectivity index (χ1v) is 11.6. The zero-order valence-electron chi connectivity index (χ0n) is 18.7. The predicted octanol–water partition coefficient (Wildman–Crippen LogP) is 5.72. The number of nitrogens with zero attached hydrogens (tertiary/aromatic N) is 2. The summed E-state index contributed by atoms with van der Waals surface area (Å²) in [4.78, 5) is 19.2. The maximum Gasteiger partial charge on any atom is 0.258 e. The van der Waals surface area contributed by atoms with E-state index in [2.05, 4.69) is 20.5 Å².